The number of aromatic nitrogens is 3. The van der Waals surface area contributed by atoms with E-state index < -0.39 is 11.7 Å². The Morgan fingerprint density at radius 3 is 2.40 bits per heavy atom. The highest BCUT2D eigenvalue weighted by atomic mass is 19.4. The molecule has 1 aromatic carbocycles. The van der Waals surface area contributed by atoms with Gasteiger partial charge < -0.3 is 14.2 Å². The van der Waals surface area contributed by atoms with Gasteiger partial charge in [0.2, 0.25) is 5.89 Å². The molecule has 0 amide bonds. The number of hydrogen-bond donors (Lipinski definition) is 0. The van der Waals surface area contributed by atoms with Gasteiger partial charge in [-0.15, -0.1) is 0 Å². The average Bonchev–Trinajstić information content (AvgIpc) is 3.55. The van der Waals surface area contributed by atoms with Crippen LogP contribution in [-0.4, -0.2) is 59.9 Å². The Balaban J connectivity index is 1.28. The molecule has 186 valence electrons. The molecule has 2 aromatic heterocycles. The lowest BCUT2D eigenvalue weighted by atomic mass is 9.95. The number of hydrogen-bond acceptors (Lipinski definition) is 7. The molecular formula is C25H28F3N5O2. The van der Waals surface area contributed by atoms with Crippen molar-refractivity contribution in [1.82, 2.24) is 20.0 Å². The van der Waals surface area contributed by atoms with Crippen molar-refractivity contribution in [2.75, 3.05) is 44.8 Å². The minimum absolute atomic E-state index is 0.0921. The van der Waals surface area contributed by atoms with Gasteiger partial charge in [-0.1, -0.05) is 35.5 Å². The molecule has 7 nitrogen and oxygen atoms in total. The molecular weight excluding hydrogens is 459 g/mol. The van der Waals surface area contributed by atoms with Gasteiger partial charge >= 0.3 is 6.18 Å². The number of methoxy groups -OCH3 is 1. The number of ether oxygens (including phenoxy) is 1. The highest BCUT2D eigenvalue weighted by Gasteiger charge is 2.50. The monoisotopic (exact) mass is 487 g/mol. The van der Waals surface area contributed by atoms with Gasteiger partial charge in [-0.25, -0.2) is 4.98 Å². The van der Waals surface area contributed by atoms with Crippen molar-refractivity contribution in [3.05, 3.63) is 71.5 Å². The predicted molar refractivity (Wildman–Crippen MR) is 123 cm³/mol. The van der Waals surface area contributed by atoms with Gasteiger partial charge in [-0.2, -0.15) is 18.2 Å². The minimum Gasteiger partial charge on any atom is -0.385 e. The molecule has 1 atom stereocenters. The first-order valence-corrected chi connectivity index (χ1v) is 11.8. The summed E-state index contributed by atoms with van der Waals surface area (Å²) < 4.78 is 49.7. The fourth-order valence-electron chi connectivity index (χ4n) is 4.78. The lowest BCUT2D eigenvalue weighted by molar-refractivity contribution is -0.137. The Morgan fingerprint density at radius 2 is 1.80 bits per heavy atom. The summed E-state index contributed by atoms with van der Waals surface area (Å²) in [6, 6.07) is 12.7. The summed E-state index contributed by atoms with van der Waals surface area (Å²) in [5.41, 5.74) is 0.302. The maximum Gasteiger partial charge on any atom is 0.417 e. The molecule has 3 heterocycles. The van der Waals surface area contributed by atoms with Crippen LogP contribution in [-0.2, 0) is 16.3 Å². The van der Waals surface area contributed by atoms with E-state index in [-0.39, 0.29) is 11.5 Å². The number of nitrogens with zero attached hydrogens (tertiary/aromatic N) is 5. The van der Waals surface area contributed by atoms with Crippen molar-refractivity contribution in [3.63, 3.8) is 0 Å². The van der Waals surface area contributed by atoms with E-state index in [1.165, 1.54) is 11.6 Å². The van der Waals surface area contributed by atoms with Gasteiger partial charge in [0.15, 0.2) is 5.82 Å². The third kappa shape index (κ3) is 4.90. The van der Waals surface area contributed by atoms with Crippen LogP contribution < -0.4 is 4.90 Å². The third-order valence-corrected chi connectivity index (χ3v) is 6.98. The summed E-state index contributed by atoms with van der Waals surface area (Å²) in [6.45, 7) is 3.21. The summed E-state index contributed by atoms with van der Waals surface area (Å²) in [5.74, 6) is 1.86. The molecule has 2 aliphatic rings. The second-order valence-corrected chi connectivity index (χ2v) is 9.13. The Bertz CT molecular complexity index is 1110. The van der Waals surface area contributed by atoms with Crippen molar-refractivity contribution in [2.24, 2.45) is 0 Å². The van der Waals surface area contributed by atoms with Crippen LogP contribution in [0.4, 0.5) is 19.0 Å². The Morgan fingerprint density at radius 1 is 1.06 bits per heavy atom. The highest BCUT2D eigenvalue weighted by molar-refractivity contribution is 5.41. The van der Waals surface area contributed by atoms with Crippen LogP contribution >= 0.6 is 0 Å². The number of halogens is 3. The summed E-state index contributed by atoms with van der Waals surface area (Å²) in [7, 11) is 1.67. The van der Waals surface area contributed by atoms with E-state index in [1.54, 1.807) is 7.11 Å². The first-order valence-electron chi connectivity index (χ1n) is 11.8. The molecule has 1 unspecified atom stereocenters. The van der Waals surface area contributed by atoms with Crippen LogP contribution in [0, 0.1) is 0 Å². The van der Waals surface area contributed by atoms with Crippen molar-refractivity contribution in [3.8, 4) is 0 Å². The molecule has 1 saturated heterocycles. The normalized spacial score (nSPS) is 19.0. The average molecular weight is 488 g/mol. The standard InChI is InChI=1S/C25H28F3N5O2/c1-34-16-9-20(22-30-23(31-35-22)24(10-11-24)18-5-3-2-4-6-18)32-12-14-33(15-13-32)21-8-7-19(17-29-21)25(26,27)28/h2-8,17,20H,9-16H2,1H3. The SMILES string of the molecule is COCCC(c1nc(C2(c3ccccc3)CC2)no1)N1CCN(c2ccc(C(F)(F)F)cn2)CC1. The molecule has 0 bridgehead atoms. The maximum absolute atomic E-state index is 12.9. The molecule has 35 heavy (non-hydrogen) atoms. The van der Waals surface area contributed by atoms with Crippen LogP contribution in [0.2, 0.25) is 0 Å². The summed E-state index contributed by atoms with van der Waals surface area (Å²) in [4.78, 5) is 13.2. The second kappa shape index (κ2) is 9.58. The van der Waals surface area contributed by atoms with Crippen LogP contribution in [0.15, 0.2) is 53.2 Å². The van der Waals surface area contributed by atoms with E-state index in [2.05, 4.69) is 27.2 Å². The Hall–Kier alpha value is -2.98. The van der Waals surface area contributed by atoms with Crippen LogP contribution in [0.3, 0.4) is 0 Å². The van der Waals surface area contributed by atoms with Gasteiger partial charge in [0.05, 0.1) is 17.0 Å². The van der Waals surface area contributed by atoms with E-state index in [0.29, 0.717) is 50.9 Å². The van der Waals surface area contributed by atoms with Gasteiger partial charge in [-0.05, 0) is 37.0 Å². The van der Waals surface area contributed by atoms with Crippen LogP contribution in [0.25, 0.3) is 0 Å². The van der Waals surface area contributed by atoms with Gasteiger partial charge in [-0.3, -0.25) is 4.90 Å². The van der Waals surface area contributed by atoms with E-state index >= 15 is 0 Å². The van der Waals surface area contributed by atoms with E-state index in [0.717, 1.165) is 30.9 Å². The van der Waals surface area contributed by atoms with Crippen LogP contribution in [0.5, 0.6) is 0 Å². The number of pyridine rings is 1. The van der Waals surface area contributed by atoms with Crippen molar-refractivity contribution < 1.29 is 22.4 Å². The lowest BCUT2D eigenvalue weighted by Gasteiger charge is -2.38. The zero-order valence-electron chi connectivity index (χ0n) is 19.5. The molecule has 0 radical (unpaired) electrons. The molecule has 0 N–H and O–H groups in total. The van der Waals surface area contributed by atoms with Crippen molar-refractivity contribution in [1.29, 1.82) is 0 Å². The largest absolute Gasteiger partial charge is 0.417 e. The Kier molecular flexibility index (Phi) is 6.50. The lowest BCUT2D eigenvalue weighted by Crippen LogP contribution is -2.48. The van der Waals surface area contributed by atoms with E-state index in [1.807, 2.05) is 23.1 Å². The van der Waals surface area contributed by atoms with Crippen LogP contribution in [0.1, 0.15) is 48.1 Å². The number of alkyl halides is 3. The van der Waals surface area contributed by atoms with E-state index in [9.17, 15) is 13.2 Å². The van der Waals surface area contributed by atoms with E-state index in [4.69, 9.17) is 14.2 Å². The molecule has 3 aromatic rings. The fourth-order valence-corrected chi connectivity index (χ4v) is 4.78. The Labute approximate surface area is 201 Å². The van der Waals surface area contributed by atoms with Gasteiger partial charge in [0.1, 0.15) is 5.82 Å². The third-order valence-electron chi connectivity index (χ3n) is 6.98. The fraction of sp³-hybridized carbons (Fsp3) is 0.480. The quantitative estimate of drug-likeness (QED) is 0.465. The smallest absolute Gasteiger partial charge is 0.385 e. The summed E-state index contributed by atoms with van der Waals surface area (Å²) in [6.07, 6.45) is -0.797. The molecule has 1 saturated carbocycles. The number of piperazine rings is 1. The topological polar surface area (TPSA) is 67.5 Å². The van der Waals surface area contributed by atoms with Gasteiger partial charge in [0.25, 0.3) is 0 Å². The van der Waals surface area contributed by atoms with Gasteiger partial charge in [0, 0.05) is 46.1 Å². The number of benzene rings is 1. The minimum atomic E-state index is -4.39. The molecule has 1 aliphatic heterocycles. The summed E-state index contributed by atoms with van der Waals surface area (Å²) in [5, 5.41) is 4.38. The zero-order chi connectivity index (χ0) is 24.5. The molecule has 1 aliphatic carbocycles. The first kappa shape index (κ1) is 23.7. The molecule has 0 spiro atoms. The first-order chi connectivity index (χ1) is 16.9. The molecule has 5 rings (SSSR count). The second-order valence-electron chi connectivity index (χ2n) is 9.13. The summed E-state index contributed by atoms with van der Waals surface area (Å²) >= 11 is 0. The zero-order valence-corrected chi connectivity index (χ0v) is 19.5. The highest BCUT2D eigenvalue weighted by Crippen LogP contribution is 2.52. The predicted octanol–water partition coefficient (Wildman–Crippen LogP) is 4.46. The maximum atomic E-state index is 12.9. The number of anilines is 1. The van der Waals surface area contributed by atoms with Crippen molar-refractivity contribution in [2.45, 2.75) is 36.9 Å². The molecule has 10 heteroatoms. The van der Waals surface area contributed by atoms with Crippen molar-refractivity contribution >= 4 is 5.82 Å². The molecule has 2 fully saturated rings. The number of rotatable bonds is 8.